The van der Waals surface area contributed by atoms with E-state index in [0.717, 1.165) is 36.9 Å². The number of hydrogen-bond donors (Lipinski definition) is 1. The monoisotopic (exact) mass is 481 g/mol. The van der Waals surface area contributed by atoms with Gasteiger partial charge in [-0.15, -0.1) is 0 Å². The molecule has 1 atom stereocenters. The van der Waals surface area contributed by atoms with Crippen LogP contribution < -0.4 is 14.8 Å². The molecule has 8 heteroatoms. The van der Waals surface area contributed by atoms with Crippen LogP contribution >= 0.6 is 11.8 Å². The van der Waals surface area contributed by atoms with Crippen molar-refractivity contribution in [2.75, 3.05) is 19.5 Å². The summed E-state index contributed by atoms with van der Waals surface area (Å²) in [5.74, 6) is 0.864. The van der Waals surface area contributed by atoms with Crippen LogP contribution in [0.4, 0.5) is 11.4 Å². The molecular formula is C26H31N3O4S. The minimum atomic E-state index is -0.505. The molecule has 2 aromatic rings. The van der Waals surface area contributed by atoms with Crippen molar-refractivity contribution < 1.29 is 19.1 Å². The highest BCUT2D eigenvalue weighted by Gasteiger charge is 2.43. The molecule has 180 valence electrons. The van der Waals surface area contributed by atoms with Gasteiger partial charge in [-0.05, 0) is 62.1 Å². The van der Waals surface area contributed by atoms with E-state index >= 15 is 0 Å². The third-order valence-electron chi connectivity index (χ3n) is 6.43. The largest absolute Gasteiger partial charge is 0.497 e. The Balaban J connectivity index is 1.53. The van der Waals surface area contributed by atoms with E-state index in [-0.39, 0.29) is 24.3 Å². The van der Waals surface area contributed by atoms with Gasteiger partial charge >= 0.3 is 0 Å². The van der Waals surface area contributed by atoms with Crippen LogP contribution in [-0.2, 0) is 9.59 Å². The Morgan fingerprint density at radius 3 is 2.53 bits per heavy atom. The molecule has 2 aromatic carbocycles. The van der Waals surface area contributed by atoms with Gasteiger partial charge in [-0.1, -0.05) is 30.7 Å². The maximum Gasteiger partial charge on any atom is 0.242 e. The first-order chi connectivity index (χ1) is 16.4. The molecule has 1 saturated heterocycles. The van der Waals surface area contributed by atoms with E-state index in [9.17, 15) is 9.59 Å². The van der Waals surface area contributed by atoms with Gasteiger partial charge in [0.1, 0.15) is 16.7 Å². The lowest BCUT2D eigenvalue weighted by Crippen LogP contribution is -2.40. The molecule has 1 N–H and O–H groups in total. The van der Waals surface area contributed by atoms with Crippen LogP contribution in [0.15, 0.2) is 41.4 Å². The molecule has 1 unspecified atom stereocenters. The number of benzene rings is 2. The highest BCUT2D eigenvalue weighted by atomic mass is 32.2. The van der Waals surface area contributed by atoms with Crippen LogP contribution in [-0.4, -0.2) is 47.4 Å². The van der Waals surface area contributed by atoms with Crippen LogP contribution in [0.5, 0.6) is 11.5 Å². The number of rotatable bonds is 7. The lowest BCUT2D eigenvalue weighted by molar-refractivity contribution is -0.129. The van der Waals surface area contributed by atoms with Crippen molar-refractivity contribution in [3.63, 3.8) is 0 Å². The average molecular weight is 482 g/mol. The Labute approximate surface area is 204 Å². The van der Waals surface area contributed by atoms with Crippen LogP contribution in [0.3, 0.4) is 0 Å². The van der Waals surface area contributed by atoms with Gasteiger partial charge in [-0.25, -0.2) is 4.99 Å². The fourth-order valence-corrected chi connectivity index (χ4v) is 5.58. The van der Waals surface area contributed by atoms with E-state index in [4.69, 9.17) is 14.5 Å². The predicted octanol–water partition coefficient (Wildman–Crippen LogP) is 5.22. The van der Waals surface area contributed by atoms with Crippen LogP contribution in [0, 0.1) is 13.8 Å². The Morgan fingerprint density at radius 1 is 1.09 bits per heavy atom. The second kappa shape index (κ2) is 10.5. The molecule has 2 aliphatic rings. The molecule has 1 heterocycles. The van der Waals surface area contributed by atoms with Gasteiger partial charge in [-0.2, -0.15) is 0 Å². The van der Waals surface area contributed by atoms with Crippen molar-refractivity contribution >= 4 is 40.1 Å². The SMILES string of the molecule is COc1ccc(NC(=O)CC2SC(=Nc3ccc(C)c(C)c3)N(C3CCCC3)C2=O)c(OC)c1. The van der Waals surface area contributed by atoms with Crippen molar-refractivity contribution in [2.45, 2.75) is 57.2 Å². The number of aryl methyl sites for hydroxylation is 2. The Bertz CT molecular complexity index is 1110. The van der Waals surface area contributed by atoms with Crippen molar-refractivity contribution in [3.8, 4) is 11.5 Å². The average Bonchev–Trinajstić information content (AvgIpc) is 3.44. The highest BCUT2D eigenvalue weighted by Crippen LogP contribution is 2.38. The van der Waals surface area contributed by atoms with E-state index in [2.05, 4.69) is 19.2 Å². The summed E-state index contributed by atoms with van der Waals surface area (Å²) in [4.78, 5) is 33.0. The standard InChI is InChI=1S/C26H31N3O4S/c1-16-9-10-18(13-17(16)2)27-26-29(19-7-5-6-8-19)25(31)23(34-26)15-24(30)28-21-12-11-20(32-3)14-22(21)33-4/h9-14,19,23H,5-8,15H2,1-4H3,(H,28,30). The van der Waals surface area contributed by atoms with E-state index < -0.39 is 5.25 Å². The lowest BCUT2D eigenvalue weighted by atomic mass is 10.1. The number of nitrogens with one attached hydrogen (secondary N) is 1. The Kier molecular flexibility index (Phi) is 7.46. The maximum atomic E-state index is 13.4. The fourth-order valence-electron chi connectivity index (χ4n) is 4.37. The van der Waals surface area contributed by atoms with Gasteiger partial charge in [0.05, 0.1) is 25.6 Å². The summed E-state index contributed by atoms with van der Waals surface area (Å²) in [7, 11) is 3.11. The van der Waals surface area contributed by atoms with Crippen molar-refractivity contribution in [2.24, 2.45) is 4.99 Å². The minimum Gasteiger partial charge on any atom is -0.497 e. The number of carbonyl (C=O) groups excluding carboxylic acids is 2. The van der Waals surface area contributed by atoms with Gasteiger partial charge in [0.2, 0.25) is 11.8 Å². The first kappa shape index (κ1) is 24.1. The fraction of sp³-hybridized carbons (Fsp3) is 0.423. The number of anilines is 1. The van der Waals surface area contributed by atoms with Crippen molar-refractivity contribution in [1.29, 1.82) is 0 Å². The smallest absolute Gasteiger partial charge is 0.242 e. The molecule has 4 rings (SSSR count). The molecule has 0 bridgehead atoms. The third-order valence-corrected chi connectivity index (χ3v) is 7.58. The zero-order valence-electron chi connectivity index (χ0n) is 20.1. The number of ether oxygens (including phenoxy) is 2. The summed E-state index contributed by atoms with van der Waals surface area (Å²) in [5.41, 5.74) is 3.73. The first-order valence-corrected chi connectivity index (χ1v) is 12.4. The zero-order valence-corrected chi connectivity index (χ0v) is 20.9. The molecule has 0 radical (unpaired) electrons. The highest BCUT2D eigenvalue weighted by molar-refractivity contribution is 8.15. The zero-order chi connectivity index (χ0) is 24.2. The number of methoxy groups -OCH3 is 2. The number of aliphatic imine (C=N–C) groups is 1. The Hall–Kier alpha value is -3.00. The number of thioether (sulfide) groups is 1. The van der Waals surface area contributed by atoms with E-state index in [1.165, 1.54) is 24.4 Å². The van der Waals surface area contributed by atoms with Crippen molar-refractivity contribution in [3.05, 3.63) is 47.5 Å². The molecule has 1 aliphatic heterocycles. The van der Waals surface area contributed by atoms with Crippen LogP contribution in [0.1, 0.15) is 43.2 Å². The summed E-state index contributed by atoms with van der Waals surface area (Å²) in [6.45, 7) is 4.12. The molecule has 7 nitrogen and oxygen atoms in total. The number of carbonyl (C=O) groups is 2. The lowest BCUT2D eigenvalue weighted by Gasteiger charge is -2.23. The number of nitrogens with zero attached hydrogens (tertiary/aromatic N) is 2. The van der Waals surface area contributed by atoms with Crippen LogP contribution in [0.25, 0.3) is 0 Å². The maximum absolute atomic E-state index is 13.4. The van der Waals surface area contributed by atoms with E-state index in [0.29, 0.717) is 22.4 Å². The molecule has 1 saturated carbocycles. The van der Waals surface area contributed by atoms with E-state index in [1.807, 2.05) is 23.1 Å². The number of amidine groups is 1. The van der Waals surface area contributed by atoms with Crippen molar-refractivity contribution in [1.82, 2.24) is 4.90 Å². The van der Waals surface area contributed by atoms with Gasteiger partial charge in [-0.3, -0.25) is 14.5 Å². The summed E-state index contributed by atoms with van der Waals surface area (Å²) >= 11 is 1.39. The molecule has 2 fully saturated rings. The summed E-state index contributed by atoms with van der Waals surface area (Å²) in [6, 6.07) is 11.4. The second-order valence-electron chi connectivity index (χ2n) is 8.73. The number of amides is 2. The van der Waals surface area contributed by atoms with Gasteiger partial charge < -0.3 is 14.8 Å². The molecule has 0 spiro atoms. The topological polar surface area (TPSA) is 80.2 Å². The van der Waals surface area contributed by atoms with Gasteiger partial charge in [0.15, 0.2) is 5.17 Å². The first-order valence-electron chi connectivity index (χ1n) is 11.6. The second-order valence-corrected chi connectivity index (χ2v) is 9.90. The Morgan fingerprint density at radius 2 is 1.85 bits per heavy atom. The van der Waals surface area contributed by atoms with E-state index in [1.54, 1.807) is 25.3 Å². The quantitative estimate of drug-likeness (QED) is 0.586. The molecule has 1 aliphatic carbocycles. The molecule has 0 aromatic heterocycles. The predicted molar refractivity (Wildman–Crippen MR) is 136 cm³/mol. The molecule has 34 heavy (non-hydrogen) atoms. The summed E-state index contributed by atoms with van der Waals surface area (Å²) in [6.07, 6.45) is 4.23. The van der Waals surface area contributed by atoms with Gasteiger partial charge in [0.25, 0.3) is 0 Å². The minimum absolute atomic E-state index is 0.0312. The third kappa shape index (κ3) is 5.22. The molecule has 2 amide bonds. The van der Waals surface area contributed by atoms with Crippen LogP contribution in [0.2, 0.25) is 0 Å². The summed E-state index contributed by atoms with van der Waals surface area (Å²) < 4.78 is 10.6. The normalized spacial score (nSPS) is 19.6. The number of hydrogen-bond acceptors (Lipinski definition) is 6. The van der Waals surface area contributed by atoms with Gasteiger partial charge in [0, 0.05) is 18.5 Å². The molecular weight excluding hydrogens is 450 g/mol. The summed E-state index contributed by atoms with van der Waals surface area (Å²) in [5, 5.41) is 3.07.